The Morgan fingerprint density at radius 3 is 2.81 bits per heavy atom. The van der Waals surface area contributed by atoms with Crippen LogP contribution in [0.5, 0.6) is 0 Å². The van der Waals surface area contributed by atoms with Crippen molar-refractivity contribution in [2.45, 2.75) is 23.6 Å². The summed E-state index contributed by atoms with van der Waals surface area (Å²) in [6, 6.07) is 3.24. The van der Waals surface area contributed by atoms with Crippen molar-refractivity contribution in [3.8, 4) is 0 Å². The second-order valence-corrected chi connectivity index (χ2v) is 6.76. The average molecular weight is 315 g/mol. The van der Waals surface area contributed by atoms with E-state index >= 15 is 0 Å². The topological polar surface area (TPSA) is 89.6 Å². The van der Waals surface area contributed by atoms with Crippen LogP contribution in [0.3, 0.4) is 0 Å². The molecule has 1 saturated heterocycles. The first-order valence-electron chi connectivity index (χ1n) is 6.73. The van der Waals surface area contributed by atoms with Gasteiger partial charge in [0.1, 0.15) is 5.60 Å². The highest BCUT2D eigenvalue weighted by Gasteiger charge is 2.36. The third kappa shape index (κ3) is 3.98. The molecule has 1 aliphatic rings. The fourth-order valence-corrected chi connectivity index (χ4v) is 3.18. The van der Waals surface area contributed by atoms with Crippen molar-refractivity contribution in [3.05, 3.63) is 23.9 Å². The van der Waals surface area contributed by atoms with Gasteiger partial charge in [0.25, 0.3) is 10.0 Å². The van der Waals surface area contributed by atoms with Crippen LogP contribution in [-0.2, 0) is 26.0 Å². The highest BCUT2D eigenvalue weighted by molar-refractivity contribution is 7.89. The van der Waals surface area contributed by atoms with Gasteiger partial charge in [-0.3, -0.25) is 0 Å². The van der Waals surface area contributed by atoms with Gasteiger partial charge in [-0.25, -0.2) is 18.1 Å². The van der Waals surface area contributed by atoms with Crippen LogP contribution in [0.1, 0.15) is 12.0 Å². The number of pyridine rings is 1. The van der Waals surface area contributed by atoms with Gasteiger partial charge in [0, 0.05) is 39.4 Å². The summed E-state index contributed by atoms with van der Waals surface area (Å²) in [5.41, 5.74) is 0.341. The zero-order chi connectivity index (χ0) is 15.3. The second-order valence-electron chi connectivity index (χ2n) is 5.05. The average Bonchev–Trinajstić information content (AvgIpc) is 2.96. The molecule has 1 unspecified atom stereocenters. The van der Waals surface area contributed by atoms with Gasteiger partial charge in [-0.05, 0) is 18.7 Å². The first kappa shape index (κ1) is 16.3. The standard InChI is InChI=1S/C13H21N3O4S/c1-14-7-11-3-4-12(15-8-11)21(17,18)16-9-13(19-2)5-6-20-10-13/h3-4,8,14,16H,5-7,9-10H2,1-2H3. The monoisotopic (exact) mass is 315 g/mol. The first-order valence-corrected chi connectivity index (χ1v) is 8.22. The van der Waals surface area contributed by atoms with E-state index in [1.165, 1.54) is 6.07 Å². The molecule has 7 nitrogen and oxygen atoms in total. The molecule has 118 valence electrons. The SMILES string of the molecule is CNCc1ccc(S(=O)(=O)NCC2(OC)CCOC2)nc1. The summed E-state index contributed by atoms with van der Waals surface area (Å²) in [6.07, 6.45) is 2.22. The summed E-state index contributed by atoms with van der Waals surface area (Å²) in [7, 11) is -0.262. The minimum Gasteiger partial charge on any atom is -0.378 e. The van der Waals surface area contributed by atoms with Crippen molar-refractivity contribution in [2.24, 2.45) is 0 Å². The summed E-state index contributed by atoms with van der Waals surface area (Å²) in [5, 5.41) is 2.99. The minimum absolute atomic E-state index is 0.00696. The molecule has 0 aromatic carbocycles. The van der Waals surface area contributed by atoms with Gasteiger partial charge >= 0.3 is 0 Å². The molecular weight excluding hydrogens is 294 g/mol. The lowest BCUT2D eigenvalue weighted by Gasteiger charge is -2.25. The lowest BCUT2D eigenvalue weighted by Crippen LogP contribution is -2.45. The van der Waals surface area contributed by atoms with E-state index in [-0.39, 0.29) is 11.6 Å². The fourth-order valence-electron chi connectivity index (χ4n) is 2.14. The Balaban J connectivity index is 2.04. The summed E-state index contributed by atoms with van der Waals surface area (Å²) in [4.78, 5) is 4.00. The van der Waals surface area contributed by atoms with Crippen LogP contribution in [0.4, 0.5) is 0 Å². The van der Waals surface area contributed by atoms with Gasteiger partial charge in [-0.15, -0.1) is 0 Å². The zero-order valence-corrected chi connectivity index (χ0v) is 13.1. The molecule has 1 atom stereocenters. The van der Waals surface area contributed by atoms with E-state index in [0.29, 0.717) is 26.2 Å². The quantitative estimate of drug-likeness (QED) is 0.729. The molecule has 21 heavy (non-hydrogen) atoms. The highest BCUT2D eigenvalue weighted by atomic mass is 32.2. The molecule has 1 aliphatic heterocycles. The Bertz CT molecular complexity index is 553. The maximum Gasteiger partial charge on any atom is 0.258 e. The first-order chi connectivity index (χ1) is 10.0. The van der Waals surface area contributed by atoms with E-state index in [1.54, 1.807) is 19.4 Å². The predicted octanol–water partition coefficient (Wildman–Crippen LogP) is -0.115. The molecule has 0 saturated carbocycles. The number of nitrogens with zero attached hydrogens (tertiary/aromatic N) is 1. The smallest absolute Gasteiger partial charge is 0.258 e. The number of sulfonamides is 1. The van der Waals surface area contributed by atoms with E-state index in [2.05, 4.69) is 15.0 Å². The van der Waals surface area contributed by atoms with Gasteiger partial charge in [0.15, 0.2) is 5.03 Å². The molecule has 0 aliphatic carbocycles. The molecule has 2 rings (SSSR count). The van der Waals surface area contributed by atoms with Crippen molar-refractivity contribution < 1.29 is 17.9 Å². The number of hydrogen-bond acceptors (Lipinski definition) is 6. The Kier molecular flexibility index (Phi) is 5.28. The van der Waals surface area contributed by atoms with E-state index < -0.39 is 15.6 Å². The van der Waals surface area contributed by atoms with Crippen molar-refractivity contribution in [3.63, 3.8) is 0 Å². The fraction of sp³-hybridized carbons (Fsp3) is 0.615. The van der Waals surface area contributed by atoms with Crippen molar-refractivity contribution in [2.75, 3.05) is 33.9 Å². The molecule has 8 heteroatoms. The van der Waals surface area contributed by atoms with Gasteiger partial charge in [0.2, 0.25) is 0 Å². The molecule has 1 aromatic heterocycles. The van der Waals surface area contributed by atoms with Crippen molar-refractivity contribution in [1.29, 1.82) is 0 Å². The molecule has 1 fully saturated rings. The van der Waals surface area contributed by atoms with Gasteiger partial charge < -0.3 is 14.8 Å². The molecule has 0 radical (unpaired) electrons. The molecule has 2 heterocycles. The highest BCUT2D eigenvalue weighted by Crippen LogP contribution is 2.22. The van der Waals surface area contributed by atoms with Crippen LogP contribution in [-0.4, -0.2) is 52.9 Å². The third-order valence-corrected chi connectivity index (χ3v) is 4.85. The molecule has 0 spiro atoms. The van der Waals surface area contributed by atoms with Crippen LogP contribution in [0, 0.1) is 0 Å². The number of hydrogen-bond donors (Lipinski definition) is 2. The Morgan fingerprint density at radius 1 is 1.48 bits per heavy atom. The van der Waals surface area contributed by atoms with Gasteiger partial charge in [0.05, 0.1) is 6.61 Å². The number of nitrogens with one attached hydrogen (secondary N) is 2. The minimum atomic E-state index is -3.64. The summed E-state index contributed by atoms with van der Waals surface area (Å²) >= 11 is 0. The second kappa shape index (κ2) is 6.80. The largest absolute Gasteiger partial charge is 0.378 e. The summed E-state index contributed by atoms with van der Waals surface area (Å²) < 4.78 is 37.7. The lowest BCUT2D eigenvalue weighted by atomic mass is 10.0. The number of aromatic nitrogens is 1. The Morgan fingerprint density at radius 2 is 2.29 bits per heavy atom. The van der Waals surface area contributed by atoms with Gasteiger partial charge in [-0.2, -0.15) is 0 Å². The third-order valence-electron chi connectivity index (χ3n) is 3.54. The number of methoxy groups -OCH3 is 1. The molecular formula is C13H21N3O4S. The molecule has 0 bridgehead atoms. The van der Waals surface area contributed by atoms with E-state index in [1.807, 2.05) is 7.05 Å². The zero-order valence-electron chi connectivity index (χ0n) is 12.3. The van der Waals surface area contributed by atoms with Crippen LogP contribution >= 0.6 is 0 Å². The molecule has 0 amide bonds. The van der Waals surface area contributed by atoms with Gasteiger partial charge in [-0.1, -0.05) is 6.07 Å². The Labute approximate surface area is 125 Å². The lowest BCUT2D eigenvalue weighted by molar-refractivity contribution is -0.0120. The van der Waals surface area contributed by atoms with Crippen LogP contribution < -0.4 is 10.0 Å². The van der Waals surface area contributed by atoms with E-state index in [9.17, 15) is 8.42 Å². The van der Waals surface area contributed by atoms with Crippen LogP contribution in [0.15, 0.2) is 23.4 Å². The number of ether oxygens (including phenoxy) is 2. The molecule has 1 aromatic rings. The number of rotatable bonds is 7. The van der Waals surface area contributed by atoms with E-state index in [4.69, 9.17) is 9.47 Å². The Hall–Kier alpha value is -1.06. The normalized spacial score (nSPS) is 22.6. The summed E-state index contributed by atoms with van der Waals surface area (Å²) in [6.45, 7) is 1.78. The van der Waals surface area contributed by atoms with E-state index in [0.717, 1.165) is 5.56 Å². The van der Waals surface area contributed by atoms with Crippen molar-refractivity contribution >= 4 is 10.0 Å². The van der Waals surface area contributed by atoms with Crippen LogP contribution in [0.2, 0.25) is 0 Å². The molecule has 2 N–H and O–H groups in total. The summed E-state index contributed by atoms with van der Waals surface area (Å²) in [5.74, 6) is 0. The predicted molar refractivity (Wildman–Crippen MR) is 77.4 cm³/mol. The maximum atomic E-state index is 12.2. The maximum absolute atomic E-state index is 12.2. The van der Waals surface area contributed by atoms with Crippen molar-refractivity contribution in [1.82, 2.24) is 15.0 Å². The van der Waals surface area contributed by atoms with Crippen LogP contribution in [0.25, 0.3) is 0 Å².